The molecule has 7 aromatic rings. The van der Waals surface area contributed by atoms with E-state index in [1.54, 1.807) is 0 Å². The number of hydrogen-bond donors (Lipinski definition) is 0. The van der Waals surface area contributed by atoms with Gasteiger partial charge in [0.05, 0.1) is 0 Å². The molecule has 1 atom stereocenters. The monoisotopic (exact) mass is 768 g/mol. The quantitative estimate of drug-likeness (QED) is 0.151. The Morgan fingerprint density at radius 2 is 0.932 bits per heavy atom. The molecule has 1 unspecified atom stereocenters. The molecule has 0 fully saturated rings. The maximum atomic E-state index is 2.51. The minimum atomic E-state index is -0.0888. The summed E-state index contributed by atoms with van der Waals surface area (Å²) in [5.41, 5.74) is 23.5. The molecular weight excluding hydrogens is 709 g/mol. The first-order valence-electron chi connectivity index (χ1n) is 21.9. The molecule has 0 bridgehead atoms. The van der Waals surface area contributed by atoms with Crippen molar-refractivity contribution in [1.82, 2.24) is 0 Å². The van der Waals surface area contributed by atoms with Crippen molar-refractivity contribution in [2.45, 2.75) is 110 Å². The van der Waals surface area contributed by atoms with Crippen LogP contribution in [0.1, 0.15) is 132 Å². The Labute approximate surface area is 354 Å². The molecule has 0 aliphatic heterocycles. The molecule has 0 aromatic heterocycles. The van der Waals surface area contributed by atoms with Crippen LogP contribution in [0.5, 0.6) is 0 Å². The van der Waals surface area contributed by atoms with Gasteiger partial charge in [-0.1, -0.05) is 215 Å². The fourth-order valence-corrected chi connectivity index (χ4v) is 10.2. The molecule has 0 saturated heterocycles. The zero-order valence-corrected chi connectivity index (χ0v) is 36.9. The van der Waals surface area contributed by atoms with Crippen LogP contribution in [0.15, 0.2) is 152 Å². The fraction of sp³-hybridized carbons (Fsp3) is 0.288. The molecule has 0 heteroatoms. The van der Waals surface area contributed by atoms with Gasteiger partial charge in [-0.05, 0) is 124 Å². The third-order valence-corrected chi connectivity index (χ3v) is 13.9. The van der Waals surface area contributed by atoms with Crippen LogP contribution in [-0.4, -0.2) is 0 Å². The molecule has 0 heterocycles. The van der Waals surface area contributed by atoms with Crippen LogP contribution in [-0.2, 0) is 28.1 Å². The molecule has 296 valence electrons. The van der Waals surface area contributed by atoms with Gasteiger partial charge in [-0.15, -0.1) is 0 Å². The maximum absolute atomic E-state index is 2.51. The highest BCUT2D eigenvalue weighted by Crippen LogP contribution is 2.54. The minimum absolute atomic E-state index is 0.000480. The lowest BCUT2D eigenvalue weighted by molar-refractivity contribution is 0.580. The lowest BCUT2D eigenvalue weighted by Gasteiger charge is -2.27. The first kappa shape index (κ1) is 39.0. The highest BCUT2D eigenvalue weighted by atomic mass is 14.4. The van der Waals surface area contributed by atoms with Gasteiger partial charge in [0.1, 0.15) is 0 Å². The number of rotatable bonds is 7. The number of benzene rings is 7. The number of hydrogen-bond acceptors (Lipinski definition) is 0. The van der Waals surface area contributed by atoms with E-state index in [-0.39, 0.29) is 27.6 Å². The third-order valence-electron chi connectivity index (χ3n) is 13.9. The normalized spacial score (nSPS) is 15.3. The van der Waals surface area contributed by atoms with Gasteiger partial charge in [-0.2, -0.15) is 0 Å². The van der Waals surface area contributed by atoms with Crippen LogP contribution < -0.4 is 0 Å². The second kappa shape index (κ2) is 14.1. The van der Waals surface area contributed by atoms with Gasteiger partial charge < -0.3 is 0 Å². The van der Waals surface area contributed by atoms with Gasteiger partial charge >= 0.3 is 0 Å². The summed E-state index contributed by atoms with van der Waals surface area (Å²) in [6.45, 7) is 23.6. The number of fused-ring (bicyclic) bond motifs is 6. The summed E-state index contributed by atoms with van der Waals surface area (Å²) in [6, 6.07) is 58.3. The second-order valence-electron chi connectivity index (χ2n) is 20.6. The lowest BCUT2D eigenvalue weighted by atomic mass is 9.76. The molecule has 0 N–H and O–H groups in total. The van der Waals surface area contributed by atoms with Gasteiger partial charge in [-0.25, -0.2) is 0 Å². The van der Waals surface area contributed by atoms with Gasteiger partial charge in [0.2, 0.25) is 0 Å². The molecule has 7 aromatic carbocycles. The smallest absolute Gasteiger partial charge is 0.0159 e. The first-order valence-corrected chi connectivity index (χ1v) is 21.9. The van der Waals surface area contributed by atoms with Gasteiger partial charge in [-0.3, -0.25) is 0 Å². The fourth-order valence-electron chi connectivity index (χ4n) is 10.2. The Bertz CT molecular complexity index is 2690. The van der Waals surface area contributed by atoms with E-state index in [0.717, 1.165) is 12.8 Å². The Balaban J connectivity index is 1.10. The van der Waals surface area contributed by atoms with Crippen LogP contribution in [0.4, 0.5) is 0 Å². The van der Waals surface area contributed by atoms with Crippen molar-refractivity contribution in [1.29, 1.82) is 0 Å². The lowest BCUT2D eigenvalue weighted by Crippen LogP contribution is -2.19. The van der Waals surface area contributed by atoms with Crippen molar-refractivity contribution < 1.29 is 0 Å². The average Bonchev–Trinajstić information content (AvgIpc) is 3.59. The zero-order valence-electron chi connectivity index (χ0n) is 36.9. The molecule has 0 radical (unpaired) electrons. The molecule has 0 spiro atoms. The molecular formula is C59H60. The standard InChI is InChI=1S/C59H60/c1-56(2,3)44-30-33-49-53(36-44)59(9,10)54-37-45(57(4,5)6)35-50(55(49)54)43-28-26-42(27-29-43)46(41-24-22-40(23-25-41)39-16-12-11-13-17-39)31-20-38-21-32-48-47-18-14-15-19-51(47)58(7,8)52(48)34-38/h11-19,21-30,32-37,46H,20,31H2,1-10H3. The van der Waals surface area contributed by atoms with E-state index in [2.05, 4.69) is 221 Å². The van der Waals surface area contributed by atoms with Crippen LogP contribution in [0.2, 0.25) is 0 Å². The summed E-state index contributed by atoms with van der Waals surface area (Å²) in [4.78, 5) is 0. The van der Waals surface area contributed by atoms with Crippen molar-refractivity contribution >= 4 is 0 Å². The van der Waals surface area contributed by atoms with Crippen molar-refractivity contribution in [3.8, 4) is 44.5 Å². The topological polar surface area (TPSA) is 0 Å². The van der Waals surface area contributed by atoms with Crippen molar-refractivity contribution in [2.75, 3.05) is 0 Å². The average molecular weight is 769 g/mol. The van der Waals surface area contributed by atoms with Crippen molar-refractivity contribution in [2.24, 2.45) is 0 Å². The van der Waals surface area contributed by atoms with E-state index in [1.807, 2.05) is 0 Å². The molecule has 9 rings (SSSR count). The van der Waals surface area contributed by atoms with E-state index in [1.165, 1.54) is 94.6 Å². The third kappa shape index (κ3) is 6.79. The number of aryl methyl sites for hydroxylation is 1. The van der Waals surface area contributed by atoms with Crippen LogP contribution in [0, 0.1) is 0 Å². The minimum Gasteiger partial charge on any atom is -0.0622 e. The van der Waals surface area contributed by atoms with E-state index < -0.39 is 0 Å². The molecule has 0 amide bonds. The first-order chi connectivity index (χ1) is 28.0. The Morgan fingerprint density at radius 1 is 0.407 bits per heavy atom. The van der Waals surface area contributed by atoms with Gasteiger partial charge in [0, 0.05) is 16.7 Å². The summed E-state index contributed by atoms with van der Waals surface area (Å²) >= 11 is 0. The second-order valence-corrected chi connectivity index (χ2v) is 20.6. The molecule has 2 aliphatic carbocycles. The predicted molar refractivity (Wildman–Crippen MR) is 253 cm³/mol. The van der Waals surface area contributed by atoms with Crippen molar-refractivity contribution in [3.63, 3.8) is 0 Å². The van der Waals surface area contributed by atoms with Gasteiger partial charge in [0.25, 0.3) is 0 Å². The highest BCUT2D eigenvalue weighted by molar-refractivity contribution is 5.93. The van der Waals surface area contributed by atoms with E-state index in [4.69, 9.17) is 0 Å². The van der Waals surface area contributed by atoms with Crippen molar-refractivity contribution in [3.05, 3.63) is 202 Å². The molecule has 0 nitrogen and oxygen atoms in total. The SMILES string of the molecule is CC(C)(C)c1ccc2c(c1)C(C)(C)c1cc(C(C)(C)C)cc(-c3ccc(C(CCc4ccc5c(c4)C(C)(C)c4ccccc4-5)c4ccc(-c5ccccc5)cc4)cc3)c1-2. The zero-order chi connectivity index (χ0) is 41.5. The maximum Gasteiger partial charge on any atom is 0.0159 e. The summed E-state index contributed by atoms with van der Waals surface area (Å²) < 4.78 is 0. The van der Waals surface area contributed by atoms with Crippen LogP contribution >= 0.6 is 0 Å². The summed E-state index contributed by atoms with van der Waals surface area (Å²) in [7, 11) is 0. The Hall–Kier alpha value is -5.46. The predicted octanol–water partition coefficient (Wildman–Crippen LogP) is 16.0. The highest BCUT2D eigenvalue weighted by Gasteiger charge is 2.39. The molecule has 0 saturated carbocycles. The van der Waals surface area contributed by atoms with Gasteiger partial charge in [0.15, 0.2) is 0 Å². The largest absolute Gasteiger partial charge is 0.0622 e. The van der Waals surface area contributed by atoms with Crippen LogP contribution in [0.25, 0.3) is 44.5 Å². The Kier molecular flexibility index (Phi) is 9.32. The molecule has 2 aliphatic rings. The Morgan fingerprint density at radius 3 is 1.59 bits per heavy atom. The summed E-state index contributed by atoms with van der Waals surface area (Å²) in [5, 5.41) is 0. The summed E-state index contributed by atoms with van der Waals surface area (Å²) in [6.07, 6.45) is 2.04. The van der Waals surface area contributed by atoms with Crippen LogP contribution in [0.3, 0.4) is 0 Å². The van der Waals surface area contributed by atoms with E-state index in [9.17, 15) is 0 Å². The molecule has 59 heavy (non-hydrogen) atoms. The van der Waals surface area contributed by atoms with E-state index >= 15 is 0 Å². The van der Waals surface area contributed by atoms with E-state index in [0.29, 0.717) is 0 Å². The summed E-state index contributed by atoms with van der Waals surface area (Å²) in [5.74, 6) is 0.259.